The number of nitrogens with zero attached hydrogens (tertiary/aromatic N) is 3. The van der Waals surface area contributed by atoms with Gasteiger partial charge >= 0.3 is 0 Å². The average molecular weight is 249 g/mol. The fraction of sp³-hybridized carbons (Fsp3) is 0.889. The summed E-state index contributed by atoms with van der Waals surface area (Å²) < 4.78 is 27.1. The van der Waals surface area contributed by atoms with Crippen molar-refractivity contribution < 1.29 is 13.6 Å². The smallest absolute Gasteiger partial charge is 0.281 e. The van der Waals surface area contributed by atoms with Crippen LogP contribution in [-0.4, -0.2) is 54.1 Å². The lowest BCUT2D eigenvalue weighted by Gasteiger charge is -2.31. The maximum atomic E-state index is 12.1. The van der Waals surface area contributed by atoms with E-state index in [0.717, 1.165) is 0 Å². The molecule has 0 aromatic carbocycles. The van der Waals surface area contributed by atoms with Gasteiger partial charge in [0.2, 0.25) is 0 Å². The molecule has 0 unspecified atom stereocenters. The van der Waals surface area contributed by atoms with Crippen molar-refractivity contribution in [1.29, 1.82) is 0 Å². The van der Waals surface area contributed by atoms with Crippen molar-refractivity contribution in [2.75, 3.05) is 26.2 Å². The minimum atomic E-state index is -3.33. The van der Waals surface area contributed by atoms with E-state index >= 15 is 0 Å². The fourth-order valence-electron chi connectivity index (χ4n) is 1.79. The summed E-state index contributed by atoms with van der Waals surface area (Å²) in [5.74, 6) is 0. The van der Waals surface area contributed by atoms with Crippen LogP contribution in [-0.2, 0) is 10.2 Å². The summed E-state index contributed by atoms with van der Waals surface area (Å²) in [5, 5.41) is 11.7. The molecular formula is C9H19N3O3S. The lowest BCUT2D eigenvalue weighted by atomic mass is 10.1. The summed E-state index contributed by atoms with van der Waals surface area (Å²) in [6.45, 7) is 5.42. The van der Waals surface area contributed by atoms with Crippen LogP contribution in [0.15, 0.2) is 5.16 Å². The van der Waals surface area contributed by atoms with E-state index in [9.17, 15) is 8.42 Å². The Morgan fingerprint density at radius 1 is 1.31 bits per heavy atom. The third-order valence-corrected chi connectivity index (χ3v) is 4.99. The molecule has 7 heteroatoms. The first-order valence-electron chi connectivity index (χ1n) is 5.51. The molecule has 6 nitrogen and oxygen atoms in total. The van der Waals surface area contributed by atoms with E-state index in [2.05, 4.69) is 5.16 Å². The molecular weight excluding hydrogens is 230 g/mol. The molecule has 0 atom stereocenters. The summed E-state index contributed by atoms with van der Waals surface area (Å²) in [4.78, 5) is 0. The van der Waals surface area contributed by atoms with Gasteiger partial charge in [0.1, 0.15) is 0 Å². The van der Waals surface area contributed by atoms with Gasteiger partial charge in [0.05, 0.1) is 5.71 Å². The molecule has 0 bridgehead atoms. The fourth-order valence-corrected chi connectivity index (χ4v) is 3.41. The van der Waals surface area contributed by atoms with Gasteiger partial charge in [0.15, 0.2) is 0 Å². The monoisotopic (exact) mass is 249 g/mol. The maximum absolute atomic E-state index is 12.1. The van der Waals surface area contributed by atoms with Crippen LogP contribution in [0.4, 0.5) is 0 Å². The lowest BCUT2D eigenvalue weighted by molar-refractivity contribution is 0.305. The van der Waals surface area contributed by atoms with Crippen molar-refractivity contribution in [1.82, 2.24) is 8.61 Å². The zero-order valence-electron chi connectivity index (χ0n) is 9.76. The zero-order valence-corrected chi connectivity index (χ0v) is 10.6. The van der Waals surface area contributed by atoms with Gasteiger partial charge in [-0.2, -0.15) is 17.0 Å². The van der Waals surface area contributed by atoms with Crippen LogP contribution in [0.1, 0.15) is 26.7 Å². The number of rotatable bonds is 4. The Kier molecular flexibility index (Phi) is 4.69. The van der Waals surface area contributed by atoms with Crippen molar-refractivity contribution in [2.24, 2.45) is 5.16 Å². The summed E-state index contributed by atoms with van der Waals surface area (Å²) in [6, 6.07) is 0. The van der Waals surface area contributed by atoms with Crippen molar-refractivity contribution in [3.05, 3.63) is 0 Å². The Morgan fingerprint density at radius 3 is 2.19 bits per heavy atom. The van der Waals surface area contributed by atoms with Crippen molar-refractivity contribution in [3.8, 4) is 0 Å². The maximum Gasteiger partial charge on any atom is 0.281 e. The van der Waals surface area contributed by atoms with Gasteiger partial charge in [-0.15, -0.1) is 0 Å². The predicted octanol–water partition coefficient (Wildman–Crippen LogP) is 0.499. The highest BCUT2D eigenvalue weighted by Crippen LogP contribution is 2.15. The molecule has 94 valence electrons. The van der Waals surface area contributed by atoms with Crippen molar-refractivity contribution >= 4 is 15.9 Å². The summed E-state index contributed by atoms with van der Waals surface area (Å²) >= 11 is 0. The largest absolute Gasteiger partial charge is 0.411 e. The molecule has 0 radical (unpaired) electrons. The molecule has 0 amide bonds. The molecule has 1 aliphatic heterocycles. The van der Waals surface area contributed by atoms with E-state index in [4.69, 9.17) is 5.21 Å². The summed E-state index contributed by atoms with van der Waals surface area (Å²) in [5.41, 5.74) is 0.672. The average Bonchev–Trinajstić information content (AvgIpc) is 2.30. The molecule has 0 saturated carbocycles. The summed E-state index contributed by atoms with van der Waals surface area (Å²) in [6.07, 6.45) is 1.02. The van der Waals surface area contributed by atoms with Gasteiger partial charge in [-0.25, -0.2) is 0 Å². The van der Waals surface area contributed by atoms with E-state index < -0.39 is 10.2 Å². The molecule has 1 fully saturated rings. The first-order chi connectivity index (χ1) is 7.56. The second-order valence-electron chi connectivity index (χ2n) is 3.66. The van der Waals surface area contributed by atoms with Crippen LogP contribution in [0.5, 0.6) is 0 Å². The Morgan fingerprint density at radius 2 is 1.81 bits per heavy atom. The quantitative estimate of drug-likeness (QED) is 0.582. The second kappa shape index (κ2) is 5.60. The highest BCUT2D eigenvalue weighted by molar-refractivity contribution is 7.86. The number of hydrogen-bond acceptors (Lipinski definition) is 4. The second-order valence-corrected chi connectivity index (χ2v) is 5.59. The van der Waals surface area contributed by atoms with E-state index in [1.807, 2.05) is 13.8 Å². The zero-order chi connectivity index (χ0) is 12.2. The molecule has 1 saturated heterocycles. The normalized spacial score (nSPS) is 19.1. The van der Waals surface area contributed by atoms with E-state index in [0.29, 0.717) is 44.7 Å². The number of hydrogen-bond donors (Lipinski definition) is 1. The first kappa shape index (κ1) is 13.4. The summed E-state index contributed by atoms with van der Waals surface area (Å²) in [7, 11) is -3.33. The first-order valence-corrected chi connectivity index (χ1v) is 6.91. The van der Waals surface area contributed by atoms with Crippen molar-refractivity contribution in [2.45, 2.75) is 26.7 Å². The molecule has 1 aliphatic rings. The van der Waals surface area contributed by atoms with E-state index in [1.54, 1.807) is 0 Å². The van der Waals surface area contributed by atoms with Gasteiger partial charge in [0.25, 0.3) is 10.2 Å². The Labute approximate surface area is 96.7 Å². The van der Waals surface area contributed by atoms with Gasteiger partial charge in [-0.1, -0.05) is 19.0 Å². The van der Waals surface area contributed by atoms with Crippen LogP contribution in [0.2, 0.25) is 0 Å². The molecule has 1 heterocycles. The van der Waals surface area contributed by atoms with Crippen LogP contribution >= 0.6 is 0 Å². The van der Waals surface area contributed by atoms with Gasteiger partial charge in [-0.05, 0) is 0 Å². The molecule has 1 rings (SSSR count). The minimum absolute atomic E-state index is 0.401. The number of piperidine rings is 1. The van der Waals surface area contributed by atoms with Crippen LogP contribution in [0, 0.1) is 0 Å². The van der Waals surface area contributed by atoms with Crippen LogP contribution < -0.4 is 0 Å². The number of oxime groups is 1. The van der Waals surface area contributed by atoms with Crippen LogP contribution in [0.25, 0.3) is 0 Å². The van der Waals surface area contributed by atoms with Gasteiger partial charge in [-0.3, -0.25) is 0 Å². The molecule has 0 aromatic heterocycles. The Bertz CT molecular complexity index is 339. The van der Waals surface area contributed by atoms with Gasteiger partial charge < -0.3 is 5.21 Å². The Balaban J connectivity index is 2.72. The molecule has 0 spiro atoms. The van der Waals surface area contributed by atoms with Gasteiger partial charge in [0, 0.05) is 39.0 Å². The third kappa shape index (κ3) is 2.72. The highest BCUT2D eigenvalue weighted by atomic mass is 32.2. The molecule has 0 aliphatic carbocycles. The SMILES string of the molecule is CCN(CC)S(=O)(=O)N1CCC(=NO)CC1. The van der Waals surface area contributed by atoms with Crippen LogP contribution in [0.3, 0.4) is 0 Å². The standard InChI is InChI=1S/C9H19N3O3S/c1-3-11(4-2)16(14,15)12-7-5-9(10-13)6-8-12/h13H,3-8H2,1-2H3. The molecule has 0 aromatic rings. The molecule has 16 heavy (non-hydrogen) atoms. The highest BCUT2D eigenvalue weighted by Gasteiger charge is 2.30. The van der Waals surface area contributed by atoms with Crippen molar-refractivity contribution in [3.63, 3.8) is 0 Å². The molecule has 1 N–H and O–H groups in total. The predicted molar refractivity (Wildman–Crippen MR) is 61.9 cm³/mol. The minimum Gasteiger partial charge on any atom is -0.411 e. The van der Waals surface area contributed by atoms with E-state index in [1.165, 1.54) is 8.61 Å². The third-order valence-electron chi connectivity index (χ3n) is 2.80. The lowest BCUT2D eigenvalue weighted by Crippen LogP contribution is -2.47. The van der Waals surface area contributed by atoms with E-state index in [-0.39, 0.29) is 0 Å². The Hall–Kier alpha value is -0.660. The topological polar surface area (TPSA) is 73.2 Å².